The van der Waals surface area contributed by atoms with Crippen molar-refractivity contribution in [1.29, 1.82) is 0 Å². The predicted molar refractivity (Wildman–Crippen MR) is 75.4 cm³/mol. The first kappa shape index (κ1) is 13.7. The molecular weight excluding hydrogens is 258 g/mol. The van der Waals surface area contributed by atoms with E-state index in [0.29, 0.717) is 13.1 Å². The summed E-state index contributed by atoms with van der Waals surface area (Å²) in [6.07, 6.45) is 11.3. The topological polar surface area (TPSA) is 29.5 Å². The second-order valence-electron chi connectivity index (χ2n) is 4.40. The third-order valence-electron chi connectivity index (χ3n) is 3.15. The highest BCUT2D eigenvalue weighted by Crippen LogP contribution is 2.46. The Kier molecular flexibility index (Phi) is 4.27. The summed E-state index contributed by atoms with van der Waals surface area (Å²) >= 11 is 1.61. The molecule has 0 unspecified atom stereocenters. The van der Waals surface area contributed by atoms with Crippen LogP contribution in [0.5, 0.6) is 0 Å². The number of ether oxygens (including phenoxy) is 1. The molecule has 1 aromatic heterocycles. The van der Waals surface area contributed by atoms with Gasteiger partial charge >= 0.3 is 5.97 Å². The number of hydrogen-bond acceptors (Lipinski definition) is 4. The van der Waals surface area contributed by atoms with Crippen molar-refractivity contribution in [3.8, 4) is 24.7 Å². The van der Waals surface area contributed by atoms with E-state index in [9.17, 15) is 4.79 Å². The standard InChI is InChI=1S/C15H15NO2S/c1-4-7-16(8-5-2)13-10-14(18-11(3)17)15-12(13)6-9-19-15/h1-2,6,9,13-14H,7-8,10H2,3H3/t13-,14+/m0/s1. The maximum atomic E-state index is 11.2. The molecule has 1 aromatic rings. The number of thiophene rings is 1. The van der Waals surface area contributed by atoms with Crippen LogP contribution in [0.4, 0.5) is 0 Å². The van der Waals surface area contributed by atoms with Crippen LogP contribution in [0, 0.1) is 24.7 Å². The molecule has 0 spiro atoms. The van der Waals surface area contributed by atoms with Crippen molar-refractivity contribution < 1.29 is 9.53 Å². The van der Waals surface area contributed by atoms with Crippen LogP contribution in [-0.2, 0) is 9.53 Å². The molecule has 2 atom stereocenters. The van der Waals surface area contributed by atoms with Gasteiger partial charge in [-0.05, 0) is 17.0 Å². The average molecular weight is 273 g/mol. The van der Waals surface area contributed by atoms with E-state index in [-0.39, 0.29) is 18.1 Å². The van der Waals surface area contributed by atoms with E-state index in [2.05, 4.69) is 22.8 Å². The fraction of sp³-hybridized carbons (Fsp3) is 0.400. The highest BCUT2D eigenvalue weighted by atomic mass is 32.1. The highest BCUT2D eigenvalue weighted by molar-refractivity contribution is 7.10. The zero-order valence-corrected chi connectivity index (χ0v) is 11.6. The molecule has 0 saturated carbocycles. The smallest absolute Gasteiger partial charge is 0.303 e. The monoisotopic (exact) mass is 273 g/mol. The lowest BCUT2D eigenvalue weighted by atomic mass is 10.1. The molecule has 0 amide bonds. The third-order valence-corrected chi connectivity index (χ3v) is 4.18. The molecule has 0 aromatic carbocycles. The Morgan fingerprint density at radius 1 is 1.53 bits per heavy atom. The molecule has 4 heteroatoms. The molecule has 0 fully saturated rings. The minimum Gasteiger partial charge on any atom is -0.457 e. The van der Waals surface area contributed by atoms with Crippen molar-refractivity contribution in [2.45, 2.75) is 25.5 Å². The number of carbonyl (C=O) groups excluding carboxylic acids is 1. The second kappa shape index (κ2) is 5.93. The summed E-state index contributed by atoms with van der Waals surface area (Å²) in [6.45, 7) is 2.43. The molecule has 1 aliphatic carbocycles. The third kappa shape index (κ3) is 2.81. The largest absolute Gasteiger partial charge is 0.457 e. The summed E-state index contributed by atoms with van der Waals surface area (Å²) in [6, 6.07) is 2.20. The molecule has 3 nitrogen and oxygen atoms in total. The molecule has 0 bridgehead atoms. The maximum absolute atomic E-state index is 11.2. The molecule has 0 aliphatic heterocycles. The van der Waals surface area contributed by atoms with Gasteiger partial charge in [0.25, 0.3) is 0 Å². The average Bonchev–Trinajstić information content (AvgIpc) is 2.92. The van der Waals surface area contributed by atoms with Gasteiger partial charge < -0.3 is 4.74 Å². The molecule has 0 N–H and O–H groups in total. The number of carbonyl (C=O) groups is 1. The number of fused-ring (bicyclic) bond motifs is 1. The molecule has 1 aliphatic rings. The molecule has 98 valence electrons. The van der Waals surface area contributed by atoms with Crippen LogP contribution in [-0.4, -0.2) is 24.0 Å². The van der Waals surface area contributed by atoms with Crippen LogP contribution in [0.25, 0.3) is 0 Å². The van der Waals surface area contributed by atoms with Crippen LogP contribution in [0.2, 0.25) is 0 Å². The van der Waals surface area contributed by atoms with E-state index in [4.69, 9.17) is 17.6 Å². The van der Waals surface area contributed by atoms with E-state index in [1.807, 2.05) is 5.38 Å². The van der Waals surface area contributed by atoms with Gasteiger partial charge in [0.15, 0.2) is 0 Å². The van der Waals surface area contributed by atoms with Crippen molar-refractivity contribution in [3.05, 3.63) is 21.9 Å². The number of hydrogen-bond donors (Lipinski definition) is 0. The van der Waals surface area contributed by atoms with Crippen LogP contribution >= 0.6 is 11.3 Å². The highest BCUT2D eigenvalue weighted by Gasteiger charge is 2.37. The van der Waals surface area contributed by atoms with Crippen molar-refractivity contribution in [3.63, 3.8) is 0 Å². The van der Waals surface area contributed by atoms with Gasteiger partial charge in [-0.2, -0.15) is 0 Å². The van der Waals surface area contributed by atoms with Crippen LogP contribution in [0.3, 0.4) is 0 Å². The fourth-order valence-electron chi connectivity index (χ4n) is 2.46. The SMILES string of the molecule is C#CCN(CC#C)[C@H]1C[C@@H](OC(C)=O)c2sccc21. The lowest BCUT2D eigenvalue weighted by molar-refractivity contribution is -0.146. The fourth-order valence-corrected chi connectivity index (χ4v) is 3.46. The molecule has 1 heterocycles. The van der Waals surface area contributed by atoms with Gasteiger partial charge in [0.1, 0.15) is 6.10 Å². The Hall–Kier alpha value is -1.75. The predicted octanol–water partition coefficient (Wildman–Crippen LogP) is 2.37. The summed E-state index contributed by atoms with van der Waals surface area (Å²) in [5.41, 5.74) is 1.18. The van der Waals surface area contributed by atoms with Gasteiger partial charge in [-0.3, -0.25) is 9.69 Å². The number of rotatable bonds is 4. The first-order chi connectivity index (χ1) is 9.17. The number of nitrogens with zero attached hydrogens (tertiary/aromatic N) is 1. The van der Waals surface area contributed by atoms with Gasteiger partial charge in [0.2, 0.25) is 0 Å². The first-order valence-electron chi connectivity index (χ1n) is 6.02. The first-order valence-corrected chi connectivity index (χ1v) is 6.90. The van der Waals surface area contributed by atoms with E-state index >= 15 is 0 Å². The summed E-state index contributed by atoms with van der Waals surface area (Å²) < 4.78 is 5.37. The van der Waals surface area contributed by atoms with Crippen LogP contribution in [0.15, 0.2) is 11.4 Å². The zero-order chi connectivity index (χ0) is 13.8. The second-order valence-corrected chi connectivity index (χ2v) is 5.35. The Morgan fingerprint density at radius 2 is 2.21 bits per heavy atom. The van der Waals surface area contributed by atoms with E-state index < -0.39 is 0 Å². The van der Waals surface area contributed by atoms with E-state index in [0.717, 1.165) is 11.3 Å². The summed E-state index contributed by atoms with van der Waals surface area (Å²) in [7, 11) is 0. The number of terminal acetylenes is 2. The normalized spacial score (nSPS) is 20.6. The summed E-state index contributed by atoms with van der Waals surface area (Å²) in [5, 5.41) is 2.01. The van der Waals surface area contributed by atoms with Crippen molar-refractivity contribution in [2.24, 2.45) is 0 Å². The maximum Gasteiger partial charge on any atom is 0.303 e. The van der Waals surface area contributed by atoms with E-state index in [1.54, 1.807) is 11.3 Å². The quantitative estimate of drug-likeness (QED) is 0.623. The van der Waals surface area contributed by atoms with E-state index in [1.165, 1.54) is 12.5 Å². The molecular formula is C15H15NO2S. The minimum atomic E-state index is -0.259. The molecule has 0 radical (unpaired) electrons. The number of esters is 1. The summed E-state index contributed by atoms with van der Waals surface area (Å²) in [4.78, 5) is 14.3. The van der Waals surface area contributed by atoms with Crippen LogP contribution in [0.1, 0.15) is 35.9 Å². The minimum absolute atomic E-state index is 0.137. The van der Waals surface area contributed by atoms with Crippen molar-refractivity contribution >= 4 is 17.3 Å². The molecule has 0 saturated heterocycles. The van der Waals surface area contributed by atoms with Crippen molar-refractivity contribution in [2.75, 3.05) is 13.1 Å². The molecule has 2 rings (SSSR count). The lowest BCUT2D eigenvalue weighted by Gasteiger charge is -2.25. The zero-order valence-electron chi connectivity index (χ0n) is 10.8. The van der Waals surface area contributed by atoms with Gasteiger partial charge in [-0.1, -0.05) is 11.8 Å². The van der Waals surface area contributed by atoms with Gasteiger partial charge in [0, 0.05) is 24.3 Å². The Morgan fingerprint density at radius 3 is 2.79 bits per heavy atom. The Balaban J connectivity index is 2.23. The van der Waals surface area contributed by atoms with Crippen molar-refractivity contribution in [1.82, 2.24) is 4.90 Å². The lowest BCUT2D eigenvalue weighted by Crippen LogP contribution is -2.28. The Labute approximate surface area is 117 Å². The van der Waals surface area contributed by atoms with Crippen LogP contribution < -0.4 is 0 Å². The Bertz CT molecular complexity index is 533. The molecule has 19 heavy (non-hydrogen) atoms. The van der Waals surface area contributed by atoms with Gasteiger partial charge in [-0.15, -0.1) is 24.2 Å². The van der Waals surface area contributed by atoms with Gasteiger partial charge in [-0.25, -0.2) is 0 Å². The van der Waals surface area contributed by atoms with Gasteiger partial charge in [0.05, 0.1) is 13.1 Å². The summed E-state index contributed by atoms with van der Waals surface area (Å²) in [5.74, 6) is 5.01.